The normalized spacial score (nSPS) is 15.5. The third-order valence-electron chi connectivity index (χ3n) is 3.97. The summed E-state index contributed by atoms with van der Waals surface area (Å²) in [5.74, 6) is 5.64. The molecule has 132 valence electrons. The van der Waals surface area contributed by atoms with Crippen molar-refractivity contribution in [2.45, 2.75) is 19.5 Å². The van der Waals surface area contributed by atoms with Gasteiger partial charge in [0.25, 0.3) is 0 Å². The maximum Gasteiger partial charge on any atom is 0.244 e. The molecule has 8 nitrogen and oxygen atoms in total. The summed E-state index contributed by atoms with van der Waals surface area (Å²) >= 11 is 1.68. The molecule has 1 amide bonds. The maximum atomic E-state index is 12.3. The molecule has 0 spiro atoms. The molecule has 2 aromatic rings. The van der Waals surface area contributed by atoms with Crippen LogP contribution in [-0.4, -0.2) is 73.8 Å². The topological polar surface area (TPSA) is 87.4 Å². The molecule has 0 bridgehead atoms. The molecule has 25 heavy (non-hydrogen) atoms. The largest absolute Gasteiger partial charge is 0.384 e. The quantitative estimate of drug-likeness (QED) is 0.761. The third kappa shape index (κ3) is 5.09. The molecule has 3 rings (SSSR count). The number of nitrogens with zero attached hydrogens (tertiary/aromatic N) is 6. The Bertz CT molecular complexity index is 748. The molecular formula is C16H20N6O2S. The van der Waals surface area contributed by atoms with Crippen LogP contribution in [0.5, 0.6) is 0 Å². The molecule has 0 radical (unpaired) electrons. The first-order chi connectivity index (χ1) is 12.2. The van der Waals surface area contributed by atoms with Gasteiger partial charge in [0.2, 0.25) is 5.91 Å². The van der Waals surface area contributed by atoms with Crippen LogP contribution >= 0.6 is 11.3 Å². The fourth-order valence-corrected chi connectivity index (χ4v) is 3.62. The van der Waals surface area contributed by atoms with Crippen LogP contribution in [0, 0.1) is 11.8 Å². The van der Waals surface area contributed by atoms with Crippen molar-refractivity contribution in [2.24, 2.45) is 0 Å². The van der Waals surface area contributed by atoms with Gasteiger partial charge in [-0.3, -0.25) is 9.69 Å². The fourth-order valence-electron chi connectivity index (χ4n) is 2.76. The molecule has 0 saturated carbocycles. The van der Waals surface area contributed by atoms with Crippen LogP contribution in [0.3, 0.4) is 0 Å². The Morgan fingerprint density at radius 2 is 2.24 bits per heavy atom. The molecule has 1 saturated heterocycles. The number of amides is 1. The molecule has 0 aromatic carbocycles. The van der Waals surface area contributed by atoms with E-state index in [1.54, 1.807) is 11.3 Å². The van der Waals surface area contributed by atoms with Crippen molar-refractivity contribution in [1.29, 1.82) is 0 Å². The van der Waals surface area contributed by atoms with Crippen LogP contribution in [-0.2, 0) is 17.9 Å². The van der Waals surface area contributed by atoms with Gasteiger partial charge in [-0.15, -0.1) is 16.4 Å². The van der Waals surface area contributed by atoms with Crippen LogP contribution in [0.25, 0.3) is 0 Å². The number of rotatable bonds is 4. The molecule has 3 heterocycles. The van der Waals surface area contributed by atoms with E-state index < -0.39 is 0 Å². The van der Waals surface area contributed by atoms with Crippen molar-refractivity contribution in [3.8, 4) is 11.8 Å². The summed E-state index contributed by atoms with van der Waals surface area (Å²) in [6, 6.07) is 2.07. The molecule has 0 unspecified atom stereocenters. The zero-order valence-electron chi connectivity index (χ0n) is 13.8. The first-order valence-electron chi connectivity index (χ1n) is 8.12. The number of aromatic nitrogens is 4. The maximum absolute atomic E-state index is 12.3. The minimum Gasteiger partial charge on any atom is -0.384 e. The summed E-state index contributed by atoms with van der Waals surface area (Å²) in [5, 5.41) is 21.6. The van der Waals surface area contributed by atoms with Gasteiger partial charge in [-0.05, 0) is 22.9 Å². The lowest BCUT2D eigenvalue weighted by Gasteiger charge is -2.21. The molecule has 2 aromatic heterocycles. The van der Waals surface area contributed by atoms with Crippen LogP contribution in [0.15, 0.2) is 17.8 Å². The Labute approximate surface area is 150 Å². The molecule has 0 atom stereocenters. The van der Waals surface area contributed by atoms with Gasteiger partial charge in [-0.25, -0.2) is 4.68 Å². The van der Waals surface area contributed by atoms with Crippen LogP contribution < -0.4 is 0 Å². The number of carbonyl (C=O) groups is 1. The Morgan fingerprint density at radius 3 is 3.04 bits per heavy atom. The Balaban J connectivity index is 1.51. The summed E-state index contributed by atoms with van der Waals surface area (Å²) in [5.41, 5.74) is 0.946. The summed E-state index contributed by atoms with van der Waals surface area (Å²) < 4.78 is 1.45. The van der Waals surface area contributed by atoms with E-state index in [0.717, 1.165) is 38.2 Å². The average molecular weight is 360 g/mol. The van der Waals surface area contributed by atoms with E-state index in [1.807, 2.05) is 10.3 Å². The second kappa shape index (κ2) is 8.71. The predicted molar refractivity (Wildman–Crippen MR) is 92.6 cm³/mol. The number of tetrazole rings is 1. The average Bonchev–Trinajstić information content (AvgIpc) is 3.21. The minimum absolute atomic E-state index is 0.0480. The Kier molecular flexibility index (Phi) is 6.11. The number of aliphatic hydroxyl groups is 1. The highest BCUT2D eigenvalue weighted by Crippen LogP contribution is 2.17. The monoisotopic (exact) mass is 360 g/mol. The predicted octanol–water partition coefficient (Wildman–Crippen LogP) is -0.187. The van der Waals surface area contributed by atoms with Crippen molar-refractivity contribution in [2.75, 3.05) is 32.8 Å². The summed E-state index contributed by atoms with van der Waals surface area (Å²) in [6.07, 6.45) is 2.40. The summed E-state index contributed by atoms with van der Waals surface area (Å²) in [4.78, 5) is 17.8. The highest BCUT2D eigenvalue weighted by molar-refractivity contribution is 7.10. The lowest BCUT2D eigenvalue weighted by molar-refractivity contribution is -0.131. The van der Waals surface area contributed by atoms with Gasteiger partial charge in [0.1, 0.15) is 19.5 Å². The molecule has 1 fully saturated rings. The number of aliphatic hydroxyl groups excluding tert-OH is 1. The number of hydrogen-bond donors (Lipinski definition) is 1. The van der Waals surface area contributed by atoms with E-state index in [4.69, 9.17) is 5.11 Å². The van der Waals surface area contributed by atoms with Crippen LogP contribution in [0.2, 0.25) is 0 Å². The van der Waals surface area contributed by atoms with Gasteiger partial charge >= 0.3 is 0 Å². The fraction of sp³-hybridized carbons (Fsp3) is 0.500. The van der Waals surface area contributed by atoms with E-state index in [-0.39, 0.29) is 19.1 Å². The van der Waals surface area contributed by atoms with Gasteiger partial charge in [0.15, 0.2) is 0 Å². The van der Waals surface area contributed by atoms with Gasteiger partial charge in [-0.2, -0.15) is 0 Å². The number of thiophene rings is 1. The molecule has 1 N–H and O–H groups in total. The standard InChI is InChI=1S/C16H20N6O2S/c23-8-1-3-14-9-15(25-12-14)10-20-4-2-5-21(7-6-20)16(24)11-22-13-17-18-19-22/h9,12-13,23H,2,4-8,10-11H2. The van der Waals surface area contributed by atoms with Crippen molar-refractivity contribution < 1.29 is 9.90 Å². The minimum atomic E-state index is -0.119. The van der Waals surface area contributed by atoms with Gasteiger partial charge in [0.05, 0.1) is 0 Å². The van der Waals surface area contributed by atoms with Gasteiger partial charge in [0, 0.05) is 48.5 Å². The Hall–Kier alpha value is -2.28. The van der Waals surface area contributed by atoms with E-state index in [0.29, 0.717) is 6.54 Å². The second-order valence-electron chi connectivity index (χ2n) is 5.78. The third-order valence-corrected chi connectivity index (χ3v) is 4.90. The Morgan fingerprint density at radius 1 is 1.32 bits per heavy atom. The van der Waals surface area contributed by atoms with Gasteiger partial charge < -0.3 is 10.0 Å². The van der Waals surface area contributed by atoms with Crippen LogP contribution in [0.1, 0.15) is 16.9 Å². The van der Waals surface area contributed by atoms with Crippen molar-refractivity contribution in [3.05, 3.63) is 28.2 Å². The summed E-state index contributed by atoms with van der Waals surface area (Å²) in [6.45, 7) is 4.21. The zero-order chi connectivity index (χ0) is 17.5. The van der Waals surface area contributed by atoms with E-state index >= 15 is 0 Å². The first kappa shape index (κ1) is 17.5. The van der Waals surface area contributed by atoms with Crippen molar-refractivity contribution in [1.82, 2.24) is 30.0 Å². The van der Waals surface area contributed by atoms with E-state index in [9.17, 15) is 4.79 Å². The lowest BCUT2D eigenvalue weighted by Crippen LogP contribution is -2.37. The second-order valence-corrected chi connectivity index (χ2v) is 6.78. The van der Waals surface area contributed by atoms with Crippen molar-refractivity contribution in [3.63, 3.8) is 0 Å². The lowest BCUT2D eigenvalue weighted by atomic mass is 10.3. The zero-order valence-corrected chi connectivity index (χ0v) is 14.7. The molecule has 1 aliphatic rings. The molecule has 1 aliphatic heterocycles. The number of hydrogen-bond acceptors (Lipinski definition) is 7. The van der Waals surface area contributed by atoms with Crippen LogP contribution in [0.4, 0.5) is 0 Å². The summed E-state index contributed by atoms with van der Waals surface area (Å²) in [7, 11) is 0. The smallest absolute Gasteiger partial charge is 0.244 e. The SMILES string of the molecule is O=C(Cn1cnnn1)N1CCCN(Cc2cc(C#CCO)cs2)CC1. The first-order valence-corrected chi connectivity index (χ1v) is 9.00. The highest BCUT2D eigenvalue weighted by atomic mass is 32.1. The molecule has 0 aliphatic carbocycles. The van der Waals surface area contributed by atoms with Crippen molar-refractivity contribution >= 4 is 17.2 Å². The number of carbonyl (C=O) groups excluding carboxylic acids is 1. The molecular weight excluding hydrogens is 340 g/mol. The highest BCUT2D eigenvalue weighted by Gasteiger charge is 2.20. The van der Waals surface area contributed by atoms with E-state index in [2.05, 4.69) is 38.3 Å². The van der Waals surface area contributed by atoms with E-state index in [1.165, 1.54) is 15.9 Å². The molecule has 9 heteroatoms. The van der Waals surface area contributed by atoms with Gasteiger partial charge in [-0.1, -0.05) is 11.8 Å².